The summed E-state index contributed by atoms with van der Waals surface area (Å²) in [5.74, 6) is 1.95. The Bertz CT molecular complexity index is 464. The zero-order chi connectivity index (χ0) is 14.8. The van der Waals surface area contributed by atoms with Crippen LogP contribution in [0, 0.1) is 11.2 Å². The van der Waals surface area contributed by atoms with Gasteiger partial charge in [-0.25, -0.2) is 4.39 Å². The first-order chi connectivity index (χ1) is 9.48. The van der Waals surface area contributed by atoms with Crippen LogP contribution in [-0.4, -0.2) is 30.1 Å². The number of nitrogens with two attached hydrogens (primary N) is 1. The molecule has 1 aliphatic heterocycles. The fraction of sp³-hybridized carbons (Fsp3) is 0.625. The number of rotatable bonds is 4. The van der Waals surface area contributed by atoms with Gasteiger partial charge in [0, 0.05) is 18.8 Å². The summed E-state index contributed by atoms with van der Waals surface area (Å²) in [6, 6.07) is 7.04. The van der Waals surface area contributed by atoms with Crippen molar-refractivity contribution in [3.05, 3.63) is 30.1 Å². The minimum absolute atomic E-state index is 0.0747. The van der Waals surface area contributed by atoms with Crippen LogP contribution in [0.3, 0.4) is 0 Å². The van der Waals surface area contributed by atoms with Crippen molar-refractivity contribution in [2.45, 2.75) is 32.7 Å². The van der Waals surface area contributed by atoms with E-state index in [1.807, 2.05) is 23.9 Å². The number of benzene rings is 1. The second kappa shape index (κ2) is 5.94. The number of hydrogen-bond donors (Lipinski definition) is 1. The molecule has 112 valence electrons. The standard InChI is InChI=1S/C16H25FN2S/c1-4-19(14-8-6-5-7-13(14)17)16(11-18)12-20-10-9-15(16,2)3/h5-8H,4,9-12,18H2,1-3H3. The average Bonchev–Trinajstić information content (AvgIpc) is 2.43. The van der Waals surface area contributed by atoms with Gasteiger partial charge in [0.25, 0.3) is 0 Å². The van der Waals surface area contributed by atoms with Crippen molar-refractivity contribution < 1.29 is 4.39 Å². The van der Waals surface area contributed by atoms with Crippen LogP contribution in [0.4, 0.5) is 10.1 Å². The average molecular weight is 296 g/mol. The van der Waals surface area contributed by atoms with Crippen molar-refractivity contribution in [2.24, 2.45) is 11.1 Å². The van der Waals surface area contributed by atoms with Gasteiger partial charge in [-0.1, -0.05) is 26.0 Å². The first-order valence-electron chi connectivity index (χ1n) is 7.28. The molecule has 1 aromatic rings. The Hall–Kier alpha value is -0.740. The molecular formula is C16H25FN2S. The smallest absolute Gasteiger partial charge is 0.146 e. The van der Waals surface area contributed by atoms with Crippen molar-refractivity contribution in [3.63, 3.8) is 0 Å². The number of likely N-dealkylation sites (N-methyl/N-ethyl adjacent to an activating group) is 1. The van der Waals surface area contributed by atoms with E-state index in [2.05, 4.69) is 25.7 Å². The minimum atomic E-state index is -0.188. The molecule has 0 radical (unpaired) electrons. The quantitative estimate of drug-likeness (QED) is 0.922. The Morgan fingerprint density at radius 2 is 2.05 bits per heavy atom. The molecule has 0 saturated carbocycles. The summed E-state index contributed by atoms with van der Waals surface area (Å²) < 4.78 is 14.3. The molecule has 0 aliphatic carbocycles. The highest BCUT2D eigenvalue weighted by Crippen LogP contribution is 2.47. The van der Waals surface area contributed by atoms with E-state index in [0.29, 0.717) is 12.2 Å². The highest BCUT2D eigenvalue weighted by Gasteiger charge is 2.50. The van der Waals surface area contributed by atoms with Gasteiger partial charge in [0.05, 0.1) is 11.2 Å². The van der Waals surface area contributed by atoms with E-state index >= 15 is 0 Å². The summed E-state index contributed by atoms with van der Waals surface area (Å²) in [4.78, 5) is 2.19. The van der Waals surface area contributed by atoms with E-state index in [4.69, 9.17) is 5.73 Å². The molecule has 2 nitrogen and oxygen atoms in total. The van der Waals surface area contributed by atoms with Crippen LogP contribution in [0.15, 0.2) is 24.3 Å². The normalized spacial score (nSPS) is 25.4. The van der Waals surface area contributed by atoms with Gasteiger partial charge in [-0.05, 0) is 36.6 Å². The zero-order valence-electron chi connectivity index (χ0n) is 12.7. The van der Waals surface area contributed by atoms with Crippen molar-refractivity contribution in [1.29, 1.82) is 0 Å². The third kappa shape index (κ3) is 2.44. The highest BCUT2D eigenvalue weighted by atomic mass is 32.2. The molecule has 0 aromatic heterocycles. The molecule has 1 atom stereocenters. The van der Waals surface area contributed by atoms with E-state index in [1.54, 1.807) is 6.07 Å². The summed E-state index contributed by atoms with van der Waals surface area (Å²) in [7, 11) is 0. The highest BCUT2D eigenvalue weighted by molar-refractivity contribution is 7.99. The maximum atomic E-state index is 14.3. The van der Waals surface area contributed by atoms with E-state index in [-0.39, 0.29) is 16.8 Å². The van der Waals surface area contributed by atoms with Crippen LogP contribution in [0.25, 0.3) is 0 Å². The molecule has 0 spiro atoms. The van der Waals surface area contributed by atoms with Gasteiger partial charge in [-0.2, -0.15) is 11.8 Å². The molecule has 1 fully saturated rings. The van der Waals surface area contributed by atoms with Gasteiger partial charge >= 0.3 is 0 Å². The van der Waals surface area contributed by atoms with E-state index < -0.39 is 0 Å². The molecule has 4 heteroatoms. The number of thioether (sulfide) groups is 1. The first-order valence-corrected chi connectivity index (χ1v) is 8.44. The molecular weight excluding hydrogens is 271 g/mol. The van der Waals surface area contributed by atoms with Gasteiger partial charge in [0.2, 0.25) is 0 Å². The van der Waals surface area contributed by atoms with Crippen LogP contribution in [0.2, 0.25) is 0 Å². The lowest BCUT2D eigenvalue weighted by Crippen LogP contribution is -2.66. The Morgan fingerprint density at radius 1 is 1.35 bits per heavy atom. The molecule has 1 aliphatic rings. The largest absolute Gasteiger partial charge is 0.361 e. The van der Waals surface area contributed by atoms with Gasteiger partial charge in [0.1, 0.15) is 5.82 Å². The van der Waals surface area contributed by atoms with Gasteiger partial charge in [0.15, 0.2) is 0 Å². The summed E-state index contributed by atoms with van der Waals surface area (Å²) in [5.41, 5.74) is 6.76. The van der Waals surface area contributed by atoms with E-state index in [9.17, 15) is 4.39 Å². The lowest BCUT2D eigenvalue weighted by Gasteiger charge is -2.56. The lowest BCUT2D eigenvalue weighted by molar-refractivity contribution is 0.169. The van der Waals surface area contributed by atoms with Crippen molar-refractivity contribution in [3.8, 4) is 0 Å². The predicted molar refractivity (Wildman–Crippen MR) is 86.9 cm³/mol. The number of halogens is 1. The lowest BCUT2D eigenvalue weighted by atomic mass is 9.69. The fourth-order valence-corrected chi connectivity index (χ4v) is 5.06. The maximum Gasteiger partial charge on any atom is 0.146 e. The molecule has 1 saturated heterocycles. The maximum absolute atomic E-state index is 14.3. The monoisotopic (exact) mass is 296 g/mol. The Kier molecular flexibility index (Phi) is 4.65. The van der Waals surface area contributed by atoms with Crippen LogP contribution in [0.5, 0.6) is 0 Å². The molecule has 1 heterocycles. The van der Waals surface area contributed by atoms with Gasteiger partial charge in [-0.3, -0.25) is 0 Å². The number of para-hydroxylation sites is 1. The van der Waals surface area contributed by atoms with Crippen LogP contribution < -0.4 is 10.6 Å². The molecule has 20 heavy (non-hydrogen) atoms. The molecule has 0 bridgehead atoms. The SMILES string of the molecule is CCN(c1ccccc1F)C1(CN)CSCCC1(C)C. The summed E-state index contributed by atoms with van der Waals surface area (Å²) in [6.07, 6.45) is 1.11. The molecule has 0 amide bonds. The molecule has 1 aromatic carbocycles. The van der Waals surface area contributed by atoms with E-state index in [1.165, 1.54) is 6.07 Å². The van der Waals surface area contributed by atoms with Crippen LogP contribution >= 0.6 is 11.8 Å². The number of nitrogens with zero attached hydrogens (tertiary/aromatic N) is 1. The zero-order valence-corrected chi connectivity index (χ0v) is 13.5. The van der Waals surface area contributed by atoms with Crippen molar-refractivity contribution in [1.82, 2.24) is 0 Å². The predicted octanol–water partition coefficient (Wildman–Crippen LogP) is 3.51. The minimum Gasteiger partial charge on any atom is -0.361 e. The fourth-order valence-electron chi connectivity index (χ4n) is 3.26. The second-order valence-corrected chi connectivity index (χ2v) is 7.22. The van der Waals surface area contributed by atoms with Crippen molar-refractivity contribution in [2.75, 3.05) is 29.5 Å². The van der Waals surface area contributed by atoms with Crippen LogP contribution in [0.1, 0.15) is 27.2 Å². The van der Waals surface area contributed by atoms with Gasteiger partial charge < -0.3 is 10.6 Å². The Labute approximate surface area is 125 Å². The van der Waals surface area contributed by atoms with E-state index in [0.717, 1.165) is 24.5 Å². The first kappa shape index (κ1) is 15.6. The molecule has 2 rings (SSSR count). The number of hydrogen-bond acceptors (Lipinski definition) is 3. The third-order valence-electron chi connectivity index (χ3n) is 4.79. The topological polar surface area (TPSA) is 29.3 Å². The summed E-state index contributed by atoms with van der Waals surface area (Å²) in [6.45, 7) is 7.93. The summed E-state index contributed by atoms with van der Waals surface area (Å²) >= 11 is 1.93. The summed E-state index contributed by atoms with van der Waals surface area (Å²) in [5, 5.41) is 0. The molecule has 2 N–H and O–H groups in total. The second-order valence-electron chi connectivity index (χ2n) is 6.12. The third-order valence-corrected chi connectivity index (χ3v) is 5.96. The van der Waals surface area contributed by atoms with Crippen LogP contribution in [-0.2, 0) is 0 Å². The van der Waals surface area contributed by atoms with Crippen molar-refractivity contribution >= 4 is 17.4 Å². The molecule has 1 unspecified atom stereocenters. The Balaban J connectivity index is 2.49. The van der Waals surface area contributed by atoms with Gasteiger partial charge in [-0.15, -0.1) is 0 Å². The number of anilines is 1. The Morgan fingerprint density at radius 3 is 2.60 bits per heavy atom.